The van der Waals surface area contributed by atoms with Crippen LogP contribution in [0.3, 0.4) is 0 Å². The Kier molecular flexibility index (Phi) is 4.32. The van der Waals surface area contributed by atoms with E-state index in [9.17, 15) is 22.8 Å². The van der Waals surface area contributed by atoms with Gasteiger partial charge in [-0.05, 0) is 24.3 Å². The average molecular weight is 303 g/mol. The normalized spacial score (nSPS) is 18.8. The van der Waals surface area contributed by atoms with Gasteiger partial charge in [0.25, 0.3) is 0 Å². The molecule has 0 aromatic heterocycles. The molecule has 21 heavy (non-hydrogen) atoms. The van der Waals surface area contributed by atoms with E-state index < -0.39 is 12.4 Å². The van der Waals surface area contributed by atoms with Gasteiger partial charge in [0, 0.05) is 12.2 Å². The van der Waals surface area contributed by atoms with E-state index in [1.54, 1.807) is 0 Å². The topological polar surface area (TPSA) is 79.5 Å². The molecule has 114 valence electrons. The SMILES string of the molecule is O=C1CNC(C(=O)Nc2ccc(OC(F)(F)F)cc2)CN1. The van der Waals surface area contributed by atoms with Gasteiger partial charge < -0.3 is 15.4 Å². The van der Waals surface area contributed by atoms with E-state index in [4.69, 9.17) is 0 Å². The molecule has 1 aromatic rings. The Morgan fingerprint density at radius 1 is 1.29 bits per heavy atom. The van der Waals surface area contributed by atoms with Crippen LogP contribution >= 0.6 is 0 Å². The number of carbonyl (C=O) groups excluding carboxylic acids is 2. The molecule has 3 N–H and O–H groups in total. The molecule has 0 saturated carbocycles. The molecule has 0 spiro atoms. The molecule has 2 rings (SSSR count). The van der Waals surface area contributed by atoms with Gasteiger partial charge in [0.2, 0.25) is 11.8 Å². The third-order valence-corrected chi connectivity index (χ3v) is 2.68. The summed E-state index contributed by atoms with van der Waals surface area (Å²) in [4.78, 5) is 22.8. The minimum atomic E-state index is -4.75. The van der Waals surface area contributed by atoms with E-state index in [1.807, 2.05) is 0 Å². The van der Waals surface area contributed by atoms with Gasteiger partial charge in [-0.15, -0.1) is 13.2 Å². The number of carbonyl (C=O) groups is 2. The second-order valence-electron chi connectivity index (χ2n) is 4.30. The van der Waals surface area contributed by atoms with Gasteiger partial charge in [-0.1, -0.05) is 0 Å². The first-order valence-corrected chi connectivity index (χ1v) is 6.00. The van der Waals surface area contributed by atoms with E-state index in [0.717, 1.165) is 12.1 Å². The molecule has 1 aliphatic rings. The lowest BCUT2D eigenvalue weighted by Crippen LogP contribution is -2.56. The van der Waals surface area contributed by atoms with Crippen molar-refractivity contribution in [1.29, 1.82) is 0 Å². The Morgan fingerprint density at radius 2 is 1.95 bits per heavy atom. The molecule has 0 bridgehead atoms. The molecular formula is C12H12F3N3O3. The highest BCUT2D eigenvalue weighted by molar-refractivity contribution is 5.96. The van der Waals surface area contributed by atoms with Crippen molar-refractivity contribution in [2.75, 3.05) is 18.4 Å². The summed E-state index contributed by atoms with van der Waals surface area (Å²) in [5.41, 5.74) is 0.327. The van der Waals surface area contributed by atoms with Crippen LogP contribution in [0.4, 0.5) is 18.9 Å². The van der Waals surface area contributed by atoms with Gasteiger partial charge in [0.05, 0.1) is 6.54 Å². The predicted octanol–water partition coefficient (Wildman–Crippen LogP) is 0.612. The van der Waals surface area contributed by atoms with Crippen molar-refractivity contribution in [3.8, 4) is 5.75 Å². The Labute approximate surface area is 117 Å². The van der Waals surface area contributed by atoms with Crippen molar-refractivity contribution in [3.05, 3.63) is 24.3 Å². The van der Waals surface area contributed by atoms with Crippen molar-refractivity contribution in [2.45, 2.75) is 12.4 Å². The summed E-state index contributed by atoms with van der Waals surface area (Å²) in [5, 5.41) is 7.79. The fourth-order valence-corrected chi connectivity index (χ4v) is 1.72. The maximum absolute atomic E-state index is 12.0. The Bertz CT molecular complexity index is 521. The van der Waals surface area contributed by atoms with Crippen LogP contribution in [-0.2, 0) is 9.59 Å². The summed E-state index contributed by atoms with van der Waals surface area (Å²) >= 11 is 0. The van der Waals surface area contributed by atoms with Crippen LogP contribution in [0.2, 0.25) is 0 Å². The number of halogens is 3. The number of ether oxygens (including phenoxy) is 1. The monoisotopic (exact) mass is 303 g/mol. The molecule has 1 fully saturated rings. The van der Waals surface area contributed by atoms with Crippen molar-refractivity contribution < 1.29 is 27.5 Å². The first kappa shape index (κ1) is 15.1. The third-order valence-electron chi connectivity index (χ3n) is 2.68. The Hall–Kier alpha value is -2.29. The quantitative estimate of drug-likeness (QED) is 0.764. The lowest BCUT2D eigenvalue weighted by molar-refractivity contribution is -0.274. The third kappa shape index (κ3) is 4.63. The van der Waals surface area contributed by atoms with Gasteiger partial charge in [0.1, 0.15) is 11.8 Å². The van der Waals surface area contributed by atoms with Crippen LogP contribution < -0.4 is 20.7 Å². The summed E-state index contributed by atoms with van der Waals surface area (Å²) in [6.45, 7) is 0.191. The van der Waals surface area contributed by atoms with Gasteiger partial charge in [0.15, 0.2) is 0 Å². The molecule has 0 radical (unpaired) electrons. The largest absolute Gasteiger partial charge is 0.573 e. The van der Waals surface area contributed by atoms with Crippen LogP contribution in [0.15, 0.2) is 24.3 Å². The first-order chi connectivity index (χ1) is 9.83. The number of anilines is 1. The van der Waals surface area contributed by atoms with Crippen molar-refractivity contribution >= 4 is 17.5 Å². The van der Waals surface area contributed by atoms with Crippen molar-refractivity contribution in [2.24, 2.45) is 0 Å². The summed E-state index contributed by atoms with van der Waals surface area (Å²) in [6, 6.07) is 4.19. The van der Waals surface area contributed by atoms with Crippen molar-refractivity contribution in [3.63, 3.8) is 0 Å². The summed E-state index contributed by atoms with van der Waals surface area (Å²) < 4.78 is 39.7. The van der Waals surface area contributed by atoms with E-state index >= 15 is 0 Å². The van der Waals surface area contributed by atoms with Crippen molar-refractivity contribution in [1.82, 2.24) is 10.6 Å². The molecule has 1 heterocycles. The predicted molar refractivity (Wildman–Crippen MR) is 66.6 cm³/mol. The lowest BCUT2D eigenvalue weighted by atomic mass is 10.2. The summed E-state index contributed by atoms with van der Waals surface area (Å²) in [6.07, 6.45) is -4.75. The molecule has 6 nitrogen and oxygen atoms in total. The molecule has 1 aliphatic heterocycles. The lowest BCUT2D eigenvalue weighted by Gasteiger charge is -2.23. The number of alkyl halides is 3. The van der Waals surface area contributed by atoms with Crippen LogP contribution in [0.5, 0.6) is 5.75 Å². The maximum atomic E-state index is 12.0. The van der Waals surface area contributed by atoms with Crippen LogP contribution in [0.1, 0.15) is 0 Å². The van der Waals surface area contributed by atoms with E-state index in [2.05, 4.69) is 20.7 Å². The second kappa shape index (κ2) is 6.00. The zero-order valence-corrected chi connectivity index (χ0v) is 10.7. The summed E-state index contributed by atoms with van der Waals surface area (Å²) in [7, 11) is 0. The highest BCUT2D eigenvalue weighted by Crippen LogP contribution is 2.23. The number of amides is 2. The van der Waals surface area contributed by atoms with Gasteiger partial charge in [-0.2, -0.15) is 0 Å². The fourth-order valence-electron chi connectivity index (χ4n) is 1.72. The van der Waals surface area contributed by atoms with Gasteiger partial charge >= 0.3 is 6.36 Å². The first-order valence-electron chi connectivity index (χ1n) is 6.00. The molecule has 2 amide bonds. The number of piperazine rings is 1. The van der Waals surface area contributed by atoms with E-state index in [0.29, 0.717) is 5.69 Å². The fraction of sp³-hybridized carbons (Fsp3) is 0.333. The maximum Gasteiger partial charge on any atom is 0.573 e. The van der Waals surface area contributed by atoms with E-state index in [-0.39, 0.29) is 30.7 Å². The smallest absolute Gasteiger partial charge is 0.406 e. The Morgan fingerprint density at radius 3 is 2.48 bits per heavy atom. The van der Waals surface area contributed by atoms with E-state index in [1.165, 1.54) is 12.1 Å². The molecule has 0 aliphatic carbocycles. The van der Waals surface area contributed by atoms with Crippen LogP contribution in [0.25, 0.3) is 0 Å². The molecule has 1 unspecified atom stereocenters. The molecule has 1 aromatic carbocycles. The number of rotatable bonds is 3. The minimum absolute atomic E-state index is 0.0381. The molecule has 9 heteroatoms. The van der Waals surface area contributed by atoms with Crippen LogP contribution in [-0.4, -0.2) is 37.3 Å². The highest BCUT2D eigenvalue weighted by atomic mass is 19.4. The average Bonchev–Trinajstić information content (AvgIpc) is 2.40. The molecular weight excluding hydrogens is 291 g/mol. The zero-order valence-electron chi connectivity index (χ0n) is 10.7. The second-order valence-corrected chi connectivity index (χ2v) is 4.30. The van der Waals surface area contributed by atoms with Gasteiger partial charge in [-0.25, -0.2) is 0 Å². The molecule has 1 saturated heterocycles. The molecule has 1 atom stereocenters. The number of hydrogen-bond donors (Lipinski definition) is 3. The Balaban J connectivity index is 1.91. The highest BCUT2D eigenvalue weighted by Gasteiger charge is 2.31. The standard InChI is InChI=1S/C12H12F3N3O3/c13-12(14,15)21-8-3-1-7(2-4-8)18-11(20)9-5-17-10(19)6-16-9/h1-4,9,16H,5-6H2,(H,17,19)(H,18,20). The van der Waals surface area contributed by atoms with Crippen LogP contribution in [0, 0.1) is 0 Å². The van der Waals surface area contributed by atoms with Gasteiger partial charge in [-0.3, -0.25) is 14.9 Å². The number of benzene rings is 1. The number of hydrogen-bond acceptors (Lipinski definition) is 4. The summed E-state index contributed by atoms with van der Waals surface area (Å²) in [5.74, 6) is -0.962. The number of nitrogens with one attached hydrogen (secondary N) is 3. The minimum Gasteiger partial charge on any atom is -0.406 e. The zero-order chi connectivity index (χ0) is 15.5.